The summed E-state index contributed by atoms with van der Waals surface area (Å²) in [7, 11) is 0. The van der Waals surface area contributed by atoms with Crippen LogP contribution >= 0.6 is 0 Å². The van der Waals surface area contributed by atoms with E-state index in [0.717, 1.165) is 27.8 Å². The predicted molar refractivity (Wildman–Crippen MR) is 155 cm³/mol. The molecule has 0 saturated heterocycles. The molecule has 206 valence electrons. The van der Waals surface area contributed by atoms with Gasteiger partial charge in [-0.05, 0) is 67.3 Å². The highest BCUT2D eigenvalue weighted by atomic mass is 16.6. The maximum absolute atomic E-state index is 12.5. The first-order chi connectivity index (χ1) is 19.8. The van der Waals surface area contributed by atoms with Gasteiger partial charge in [-0.1, -0.05) is 60.2 Å². The lowest BCUT2D eigenvalue weighted by Gasteiger charge is -2.26. The van der Waals surface area contributed by atoms with Crippen LogP contribution in [0.2, 0.25) is 0 Å². The van der Waals surface area contributed by atoms with Crippen molar-refractivity contribution in [3.8, 4) is 29.1 Å². The third-order valence-corrected chi connectivity index (χ3v) is 7.06. The normalized spacial score (nSPS) is 14.0. The van der Waals surface area contributed by atoms with E-state index in [0.29, 0.717) is 29.4 Å². The smallest absolute Gasteiger partial charge is 0.349 e. The molecule has 0 aromatic heterocycles. The number of carbonyl (C=O) groups is 1. The summed E-state index contributed by atoms with van der Waals surface area (Å²) in [4.78, 5) is 12.5. The number of benzene rings is 4. The second-order valence-corrected chi connectivity index (χ2v) is 9.93. The first-order valence-corrected chi connectivity index (χ1v) is 13.2. The van der Waals surface area contributed by atoms with E-state index in [4.69, 9.17) is 24.7 Å². The highest BCUT2D eigenvalue weighted by molar-refractivity contribution is 5.74. The molecular weight excluding hydrogens is 516 g/mol. The number of allylic oxidation sites excluding steroid dienone is 1. The Hall–Kier alpha value is -5.22. The van der Waals surface area contributed by atoms with Gasteiger partial charge in [0.15, 0.2) is 6.61 Å². The summed E-state index contributed by atoms with van der Waals surface area (Å²) in [5.74, 6) is 1.03. The Morgan fingerprint density at radius 1 is 0.927 bits per heavy atom. The third kappa shape index (κ3) is 6.18. The van der Waals surface area contributed by atoms with Crippen molar-refractivity contribution >= 4 is 5.97 Å². The zero-order valence-electron chi connectivity index (χ0n) is 23.1. The van der Waals surface area contributed by atoms with Crippen molar-refractivity contribution in [3.05, 3.63) is 130 Å². The number of nitriles is 1. The zero-order chi connectivity index (χ0) is 28.9. The molecule has 4 aromatic rings. The summed E-state index contributed by atoms with van der Waals surface area (Å²) in [6.45, 7) is 6.17. The Bertz CT molecular complexity index is 1650. The Labute approximate surface area is 239 Å². The van der Waals surface area contributed by atoms with Crippen molar-refractivity contribution in [2.45, 2.75) is 33.3 Å². The summed E-state index contributed by atoms with van der Waals surface area (Å²) in [5, 5.41) is 9.89. The van der Waals surface area contributed by atoms with Crippen molar-refractivity contribution in [2.24, 2.45) is 5.73 Å². The van der Waals surface area contributed by atoms with Crippen molar-refractivity contribution in [3.63, 3.8) is 0 Å². The monoisotopic (exact) mass is 546 g/mol. The second kappa shape index (κ2) is 11.9. The van der Waals surface area contributed by atoms with Gasteiger partial charge >= 0.3 is 5.97 Å². The molecule has 1 atom stereocenters. The van der Waals surface area contributed by atoms with Crippen molar-refractivity contribution in [1.82, 2.24) is 0 Å². The lowest BCUT2D eigenvalue weighted by Crippen LogP contribution is -2.21. The minimum atomic E-state index is -0.555. The molecule has 41 heavy (non-hydrogen) atoms. The molecule has 5 rings (SSSR count). The Balaban J connectivity index is 1.30. The summed E-state index contributed by atoms with van der Waals surface area (Å²) >= 11 is 0. The average Bonchev–Trinajstić information content (AvgIpc) is 2.97. The number of rotatable bonds is 8. The molecule has 0 amide bonds. The van der Waals surface area contributed by atoms with Gasteiger partial charge in [-0.3, -0.25) is 0 Å². The lowest BCUT2D eigenvalue weighted by atomic mass is 9.83. The fourth-order valence-corrected chi connectivity index (χ4v) is 4.63. The molecule has 1 aliphatic rings. The number of ether oxygens (including phenoxy) is 4. The van der Waals surface area contributed by atoms with Crippen LogP contribution in [0.4, 0.5) is 0 Å². The van der Waals surface area contributed by atoms with Crippen molar-refractivity contribution in [1.29, 1.82) is 5.26 Å². The summed E-state index contributed by atoms with van der Waals surface area (Å²) in [6.07, 6.45) is 0. The molecule has 0 saturated carbocycles. The quantitative estimate of drug-likeness (QED) is 0.202. The Kier molecular flexibility index (Phi) is 7.93. The highest BCUT2D eigenvalue weighted by Crippen LogP contribution is 2.43. The van der Waals surface area contributed by atoms with Gasteiger partial charge in [-0.15, -0.1) is 0 Å². The number of hydrogen-bond donors (Lipinski definition) is 1. The number of nitrogens with zero attached hydrogens (tertiary/aromatic N) is 1. The minimum Gasteiger partial charge on any atom is -0.489 e. The van der Waals surface area contributed by atoms with Crippen LogP contribution in [-0.4, -0.2) is 12.6 Å². The molecule has 4 aromatic carbocycles. The van der Waals surface area contributed by atoms with Crippen LogP contribution in [0.3, 0.4) is 0 Å². The number of esters is 1. The van der Waals surface area contributed by atoms with Crippen molar-refractivity contribution < 1.29 is 23.7 Å². The van der Waals surface area contributed by atoms with E-state index in [1.54, 1.807) is 18.2 Å². The standard InChI is InChI=1S/C34H30N2O5/c1-21-7-9-24(10-8-21)19-38-26-13-11-25(12-14-26)33-28-16-15-27(17-31(28)41-34(36)29(33)18-35)40-32(37)20-39-30-6-4-5-22(2)23(30)3/h4-17,33H,19-20,36H2,1-3H3. The summed E-state index contributed by atoms with van der Waals surface area (Å²) in [6, 6.07) is 28.6. The fraction of sp³-hybridized carbons (Fsp3) is 0.176. The van der Waals surface area contributed by atoms with E-state index in [1.165, 1.54) is 5.56 Å². The minimum absolute atomic E-state index is 0.00595. The van der Waals surface area contributed by atoms with Gasteiger partial charge in [0.25, 0.3) is 0 Å². The molecule has 0 bridgehead atoms. The predicted octanol–water partition coefficient (Wildman–Crippen LogP) is 6.39. The van der Waals surface area contributed by atoms with E-state index in [2.05, 4.69) is 18.2 Å². The maximum Gasteiger partial charge on any atom is 0.349 e. The van der Waals surface area contributed by atoms with Gasteiger partial charge < -0.3 is 24.7 Å². The number of aryl methyl sites for hydroxylation is 2. The van der Waals surface area contributed by atoms with Gasteiger partial charge in [-0.2, -0.15) is 5.26 Å². The number of carbonyl (C=O) groups excluding carboxylic acids is 1. The van der Waals surface area contributed by atoms with Crippen LogP contribution in [0.1, 0.15) is 39.3 Å². The molecular formula is C34H30N2O5. The fourth-order valence-electron chi connectivity index (χ4n) is 4.63. The number of hydrogen-bond acceptors (Lipinski definition) is 7. The van der Waals surface area contributed by atoms with Crippen LogP contribution in [0.25, 0.3) is 0 Å². The first kappa shape index (κ1) is 27.4. The van der Waals surface area contributed by atoms with Crippen LogP contribution < -0.4 is 24.7 Å². The van der Waals surface area contributed by atoms with Crippen LogP contribution in [0.15, 0.2) is 96.4 Å². The van der Waals surface area contributed by atoms with Crippen LogP contribution in [0, 0.1) is 32.1 Å². The molecule has 0 aliphatic carbocycles. The van der Waals surface area contributed by atoms with Crippen molar-refractivity contribution in [2.75, 3.05) is 6.61 Å². The van der Waals surface area contributed by atoms with Gasteiger partial charge in [0.1, 0.15) is 41.2 Å². The number of fused-ring (bicyclic) bond motifs is 1. The van der Waals surface area contributed by atoms with Gasteiger partial charge in [0.05, 0.1) is 5.92 Å². The van der Waals surface area contributed by atoms with Gasteiger partial charge in [0, 0.05) is 11.6 Å². The molecule has 1 heterocycles. The van der Waals surface area contributed by atoms with E-state index in [-0.39, 0.29) is 18.2 Å². The molecule has 0 radical (unpaired) electrons. The molecule has 1 unspecified atom stereocenters. The second-order valence-electron chi connectivity index (χ2n) is 9.93. The maximum atomic E-state index is 12.5. The topological polar surface area (TPSA) is 104 Å². The van der Waals surface area contributed by atoms with E-state index < -0.39 is 11.9 Å². The molecule has 0 fully saturated rings. The summed E-state index contributed by atoms with van der Waals surface area (Å²) < 4.78 is 22.9. The van der Waals surface area contributed by atoms with E-state index in [9.17, 15) is 10.1 Å². The average molecular weight is 547 g/mol. The molecule has 1 aliphatic heterocycles. The number of nitrogens with two attached hydrogens (primary N) is 1. The van der Waals surface area contributed by atoms with Gasteiger partial charge in [-0.25, -0.2) is 4.79 Å². The molecule has 0 spiro atoms. The zero-order valence-corrected chi connectivity index (χ0v) is 23.1. The lowest BCUT2D eigenvalue weighted by molar-refractivity contribution is -0.136. The van der Waals surface area contributed by atoms with Crippen LogP contribution in [-0.2, 0) is 11.4 Å². The SMILES string of the molecule is Cc1ccc(COc2ccc(C3C(C#N)=C(N)Oc4cc(OC(=O)COc5cccc(C)c5C)ccc43)cc2)cc1. The Morgan fingerprint density at radius 2 is 1.66 bits per heavy atom. The first-order valence-electron chi connectivity index (χ1n) is 13.2. The largest absolute Gasteiger partial charge is 0.489 e. The molecule has 2 N–H and O–H groups in total. The third-order valence-electron chi connectivity index (χ3n) is 7.06. The van der Waals surface area contributed by atoms with E-state index in [1.807, 2.05) is 75.4 Å². The summed E-state index contributed by atoms with van der Waals surface area (Å²) in [5.41, 5.74) is 12.4. The van der Waals surface area contributed by atoms with Gasteiger partial charge in [0.2, 0.25) is 5.88 Å². The Morgan fingerprint density at radius 3 is 2.39 bits per heavy atom. The van der Waals surface area contributed by atoms with Crippen LogP contribution in [0.5, 0.6) is 23.0 Å². The van der Waals surface area contributed by atoms with E-state index >= 15 is 0 Å². The molecule has 7 heteroatoms. The molecule has 7 nitrogen and oxygen atoms in total. The highest BCUT2D eigenvalue weighted by Gasteiger charge is 2.31.